The summed E-state index contributed by atoms with van der Waals surface area (Å²) >= 11 is 3.10. The van der Waals surface area contributed by atoms with E-state index in [4.69, 9.17) is 0 Å². The molecule has 1 aromatic heterocycles. The largest absolute Gasteiger partial charge is 0.316 e. The molecule has 0 bridgehead atoms. The lowest BCUT2D eigenvalue weighted by Gasteiger charge is -2.06. The molecule has 1 N–H and O–H groups in total. The molecule has 1 heterocycles. The fraction of sp³-hybridized carbons (Fsp3) is 0. The number of benzene rings is 2. The first-order chi connectivity index (χ1) is 11.7. The van der Waals surface area contributed by atoms with E-state index in [0.717, 1.165) is 24.3 Å². The van der Waals surface area contributed by atoms with Crippen LogP contribution in [0.15, 0.2) is 33.5 Å². The van der Waals surface area contributed by atoms with Gasteiger partial charge in [-0.05, 0) is 15.9 Å². The highest BCUT2D eigenvalue weighted by atomic mass is 79.9. The fourth-order valence-electron chi connectivity index (χ4n) is 2.52. The highest BCUT2D eigenvalue weighted by molar-refractivity contribution is 9.10. The van der Waals surface area contributed by atoms with Crippen molar-refractivity contribution in [2.75, 3.05) is 0 Å². The quantitative estimate of drug-likeness (QED) is 0.394. The van der Waals surface area contributed by atoms with Crippen molar-refractivity contribution in [2.45, 2.75) is 0 Å². The van der Waals surface area contributed by atoms with Crippen molar-refractivity contribution in [1.29, 1.82) is 0 Å². The molecule has 0 saturated heterocycles. The number of halogens is 1. The summed E-state index contributed by atoms with van der Waals surface area (Å²) in [7, 11) is 0. The molecule has 3 aromatic rings. The number of nitrogens with zero attached hydrogens (tertiary/aromatic N) is 3. The number of pyridine rings is 1. The van der Waals surface area contributed by atoms with Crippen LogP contribution in [0.25, 0.3) is 21.7 Å². The molecule has 0 fully saturated rings. The lowest BCUT2D eigenvalue weighted by atomic mass is 10.0. The molecule has 12 heteroatoms. The molecule has 0 amide bonds. The number of nitro groups is 3. The van der Waals surface area contributed by atoms with Gasteiger partial charge in [-0.3, -0.25) is 35.1 Å². The summed E-state index contributed by atoms with van der Waals surface area (Å²) < 4.78 is 0.114. The predicted molar refractivity (Wildman–Crippen MR) is 89.7 cm³/mol. The summed E-state index contributed by atoms with van der Waals surface area (Å²) in [5.74, 6) is 0. The minimum atomic E-state index is -0.851. The monoisotopic (exact) mass is 408 g/mol. The number of rotatable bonds is 3. The molecule has 11 nitrogen and oxygen atoms in total. The molecule has 25 heavy (non-hydrogen) atoms. The van der Waals surface area contributed by atoms with Crippen LogP contribution in [-0.2, 0) is 0 Å². The first kappa shape index (κ1) is 16.4. The molecule has 0 unspecified atom stereocenters. The zero-order valence-corrected chi connectivity index (χ0v) is 13.5. The van der Waals surface area contributed by atoms with Gasteiger partial charge in [-0.25, -0.2) is 0 Å². The van der Waals surface area contributed by atoms with Crippen molar-refractivity contribution in [3.05, 3.63) is 69.4 Å². The van der Waals surface area contributed by atoms with Crippen molar-refractivity contribution in [3.8, 4) is 0 Å². The van der Waals surface area contributed by atoms with Crippen LogP contribution in [0.5, 0.6) is 0 Å². The Morgan fingerprint density at radius 2 is 1.40 bits per heavy atom. The molecule has 2 aromatic carbocycles. The summed E-state index contributed by atoms with van der Waals surface area (Å²) in [5.41, 5.74) is -2.55. The highest BCUT2D eigenvalue weighted by Crippen LogP contribution is 2.37. The van der Waals surface area contributed by atoms with Crippen molar-refractivity contribution in [3.63, 3.8) is 0 Å². The van der Waals surface area contributed by atoms with Gasteiger partial charge in [-0.1, -0.05) is 0 Å². The lowest BCUT2D eigenvalue weighted by molar-refractivity contribution is -0.393. The van der Waals surface area contributed by atoms with Gasteiger partial charge < -0.3 is 4.98 Å². The molecular weight excluding hydrogens is 404 g/mol. The second-order valence-corrected chi connectivity index (χ2v) is 5.82. The van der Waals surface area contributed by atoms with Crippen LogP contribution in [-0.4, -0.2) is 19.8 Å². The number of hydrogen-bond acceptors (Lipinski definition) is 7. The van der Waals surface area contributed by atoms with Gasteiger partial charge in [0, 0.05) is 33.4 Å². The molecule has 0 aliphatic carbocycles. The highest BCUT2D eigenvalue weighted by Gasteiger charge is 2.24. The summed E-state index contributed by atoms with van der Waals surface area (Å²) in [4.78, 5) is 45.4. The van der Waals surface area contributed by atoms with E-state index in [2.05, 4.69) is 20.9 Å². The molecule has 0 aliphatic rings. The first-order valence-corrected chi connectivity index (χ1v) is 7.26. The van der Waals surface area contributed by atoms with Crippen LogP contribution in [0.2, 0.25) is 0 Å². The summed E-state index contributed by atoms with van der Waals surface area (Å²) in [5, 5.41) is 33.2. The second kappa shape index (κ2) is 5.59. The topological polar surface area (TPSA) is 162 Å². The van der Waals surface area contributed by atoms with E-state index >= 15 is 0 Å². The van der Waals surface area contributed by atoms with Gasteiger partial charge in [0.1, 0.15) is 5.52 Å². The summed E-state index contributed by atoms with van der Waals surface area (Å²) in [6.07, 6.45) is 0. The molecule has 0 saturated carbocycles. The van der Waals surface area contributed by atoms with Gasteiger partial charge in [0.25, 0.3) is 22.6 Å². The number of aromatic amines is 1. The van der Waals surface area contributed by atoms with Crippen molar-refractivity contribution >= 4 is 54.7 Å². The van der Waals surface area contributed by atoms with Gasteiger partial charge in [-0.15, -0.1) is 0 Å². The van der Waals surface area contributed by atoms with Gasteiger partial charge >= 0.3 is 0 Å². The van der Waals surface area contributed by atoms with Gasteiger partial charge in [0.2, 0.25) is 0 Å². The molecule has 0 atom stereocenters. The molecule has 3 rings (SSSR count). The number of non-ortho nitro benzene ring substituents is 3. The standard InChI is InChI=1S/C13H5BrN4O7/c14-9-3-5(16(20)21)2-8-11(9)7-1-6(17(22)23)4-10(18(24)25)12(7)15-13(8)19/h1-4H,(H,15,19). The Bertz CT molecular complexity index is 1170. The Morgan fingerprint density at radius 3 is 1.96 bits per heavy atom. The van der Waals surface area contributed by atoms with E-state index in [1.54, 1.807) is 0 Å². The van der Waals surface area contributed by atoms with Gasteiger partial charge in [0.05, 0.1) is 26.2 Å². The Labute approximate surface area is 144 Å². The fourth-order valence-corrected chi connectivity index (χ4v) is 3.18. The molecule has 126 valence electrons. The number of H-pyrrole nitrogens is 1. The van der Waals surface area contributed by atoms with Gasteiger partial charge in [-0.2, -0.15) is 0 Å². The average Bonchev–Trinajstić information content (AvgIpc) is 2.53. The van der Waals surface area contributed by atoms with Crippen molar-refractivity contribution in [2.24, 2.45) is 0 Å². The van der Waals surface area contributed by atoms with E-state index in [0.29, 0.717) is 0 Å². The van der Waals surface area contributed by atoms with Crippen LogP contribution in [0.1, 0.15) is 0 Å². The van der Waals surface area contributed by atoms with Crippen LogP contribution < -0.4 is 5.56 Å². The van der Waals surface area contributed by atoms with Crippen LogP contribution in [0.3, 0.4) is 0 Å². The number of hydrogen-bond donors (Lipinski definition) is 1. The Morgan fingerprint density at radius 1 is 0.840 bits per heavy atom. The zero-order chi connectivity index (χ0) is 18.5. The number of fused-ring (bicyclic) bond motifs is 3. The number of nitrogens with one attached hydrogen (secondary N) is 1. The Balaban J connectivity index is 2.62. The average molecular weight is 409 g/mol. The SMILES string of the molecule is O=c1[nH]c2c([N+](=O)[O-])cc([N+](=O)[O-])cc2c2c(Br)cc([N+](=O)[O-])cc12. The third-order valence-electron chi connectivity index (χ3n) is 3.55. The van der Waals surface area contributed by atoms with Crippen molar-refractivity contribution in [1.82, 2.24) is 4.98 Å². The maximum Gasteiger partial charge on any atom is 0.300 e. The zero-order valence-electron chi connectivity index (χ0n) is 11.9. The van der Waals surface area contributed by atoms with E-state index in [-0.39, 0.29) is 31.8 Å². The van der Waals surface area contributed by atoms with E-state index < -0.39 is 31.7 Å². The third-order valence-corrected chi connectivity index (χ3v) is 4.17. The van der Waals surface area contributed by atoms with Crippen LogP contribution >= 0.6 is 15.9 Å². The molecule has 0 aliphatic heterocycles. The Kier molecular flexibility index (Phi) is 3.68. The minimum absolute atomic E-state index is 0.0253. The third kappa shape index (κ3) is 2.57. The van der Waals surface area contributed by atoms with Gasteiger partial charge in [0.15, 0.2) is 0 Å². The normalized spacial score (nSPS) is 10.9. The second-order valence-electron chi connectivity index (χ2n) is 4.96. The summed E-state index contributed by atoms with van der Waals surface area (Å²) in [6.45, 7) is 0. The summed E-state index contributed by atoms with van der Waals surface area (Å²) in [6, 6.07) is 3.93. The first-order valence-electron chi connectivity index (χ1n) is 6.47. The van der Waals surface area contributed by atoms with E-state index in [1.807, 2.05) is 0 Å². The number of nitro benzene ring substituents is 3. The van der Waals surface area contributed by atoms with E-state index in [9.17, 15) is 35.1 Å². The smallest absolute Gasteiger partial charge is 0.300 e. The lowest BCUT2D eigenvalue weighted by Crippen LogP contribution is -2.09. The van der Waals surface area contributed by atoms with E-state index in [1.165, 1.54) is 0 Å². The molecule has 0 spiro atoms. The maximum absolute atomic E-state index is 12.3. The molecule has 0 radical (unpaired) electrons. The predicted octanol–water partition coefficient (Wildman–Crippen LogP) is 3.17. The van der Waals surface area contributed by atoms with Crippen molar-refractivity contribution < 1.29 is 14.8 Å². The Hall–Kier alpha value is -3.41. The van der Waals surface area contributed by atoms with Crippen LogP contribution in [0, 0.1) is 30.3 Å². The van der Waals surface area contributed by atoms with Crippen LogP contribution in [0.4, 0.5) is 17.1 Å². The maximum atomic E-state index is 12.3. The minimum Gasteiger partial charge on any atom is -0.316 e. The molecular formula is C13H5BrN4O7. The number of aromatic nitrogens is 1.